The molecule has 0 amide bonds. The maximum atomic E-state index is 13.4. The van der Waals surface area contributed by atoms with Crippen molar-refractivity contribution in [2.45, 2.75) is 0 Å². The number of piperazine rings is 1. The Labute approximate surface area is 131 Å². The Morgan fingerprint density at radius 2 is 1.43 bits per heavy atom. The molecule has 0 saturated carbocycles. The molecule has 0 N–H and O–H groups in total. The van der Waals surface area contributed by atoms with Crippen LogP contribution in [0, 0.1) is 21.7 Å². The van der Waals surface area contributed by atoms with Crippen molar-refractivity contribution in [2.75, 3.05) is 36.0 Å². The summed E-state index contributed by atoms with van der Waals surface area (Å²) in [6, 6.07) is 9.70. The lowest BCUT2D eigenvalue weighted by atomic mass is 10.2. The van der Waals surface area contributed by atoms with E-state index in [0.717, 1.165) is 11.8 Å². The van der Waals surface area contributed by atoms with E-state index in [1.54, 1.807) is 17.0 Å². The van der Waals surface area contributed by atoms with E-state index in [4.69, 9.17) is 0 Å². The minimum absolute atomic E-state index is 0.0957. The van der Waals surface area contributed by atoms with E-state index in [2.05, 4.69) is 4.90 Å². The molecule has 7 heteroatoms. The molecule has 120 valence electrons. The zero-order valence-corrected chi connectivity index (χ0v) is 12.3. The van der Waals surface area contributed by atoms with Gasteiger partial charge in [0, 0.05) is 44.0 Å². The highest BCUT2D eigenvalue weighted by molar-refractivity contribution is 5.64. The fourth-order valence-electron chi connectivity index (χ4n) is 2.76. The Morgan fingerprint density at radius 1 is 0.870 bits per heavy atom. The van der Waals surface area contributed by atoms with E-state index in [-0.39, 0.29) is 11.5 Å². The van der Waals surface area contributed by atoms with Crippen molar-refractivity contribution in [2.24, 2.45) is 0 Å². The van der Waals surface area contributed by atoms with Gasteiger partial charge in [-0.05, 0) is 30.3 Å². The monoisotopic (exact) mass is 319 g/mol. The lowest BCUT2D eigenvalue weighted by molar-refractivity contribution is -0.384. The van der Waals surface area contributed by atoms with Crippen LogP contribution in [0.1, 0.15) is 0 Å². The molecule has 1 saturated heterocycles. The van der Waals surface area contributed by atoms with Crippen molar-refractivity contribution in [1.82, 2.24) is 0 Å². The molecule has 0 bridgehead atoms. The quantitative estimate of drug-likeness (QED) is 0.644. The Morgan fingerprint density at radius 3 is 2.04 bits per heavy atom. The van der Waals surface area contributed by atoms with Gasteiger partial charge in [0.25, 0.3) is 5.69 Å². The van der Waals surface area contributed by atoms with Crippen LogP contribution < -0.4 is 9.80 Å². The van der Waals surface area contributed by atoms with E-state index in [0.29, 0.717) is 31.9 Å². The Hall–Kier alpha value is -2.70. The largest absolute Gasteiger partial charge is 0.368 e. The molecule has 5 nitrogen and oxygen atoms in total. The van der Waals surface area contributed by atoms with E-state index in [9.17, 15) is 18.9 Å². The second-order valence-electron chi connectivity index (χ2n) is 5.34. The molecule has 0 spiro atoms. The van der Waals surface area contributed by atoms with Gasteiger partial charge in [-0.15, -0.1) is 0 Å². The molecule has 1 fully saturated rings. The number of anilines is 2. The topological polar surface area (TPSA) is 49.6 Å². The standard InChI is InChI=1S/C16H15F2N3O2/c17-12-1-4-14(5-2-12)19-7-9-20(10-8-19)16-11-13(18)3-6-15(16)21(22)23/h1-6,11H,7-10H2. The van der Waals surface area contributed by atoms with Crippen LogP contribution in [0.2, 0.25) is 0 Å². The maximum Gasteiger partial charge on any atom is 0.292 e. The van der Waals surface area contributed by atoms with Crippen LogP contribution in [-0.4, -0.2) is 31.1 Å². The Balaban J connectivity index is 1.75. The van der Waals surface area contributed by atoms with Gasteiger partial charge in [-0.25, -0.2) is 8.78 Å². The highest BCUT2D eigenvalue weighted by atomic mass is 19.1. The van der Waals surface area contributed by atoms with E-state index < -0.39 is 10.7 Å². The second kappa shape index (κ2) is 6.20. The minimum Gasteiger partial charge on any atom is -0.368 e. The van der Waals surface area contributed by atoms with Gasteiger partial charge < -0.3 is 9.80 Å². The number of rotatable bonds is 3. The average molecular weight is 319 g/mol. The lowest BCUT2D eigenvalue weighted by Crippen LogP contribution is -2.46. The SMILES string of the molecule is O=[N+]([O-])c1ccc(F)cc1N1CCN(c2ccc(F)cc2)CC1. The molecule has 0 radical (unpaired) electrons. The summed E-state index contributed by atoms with van der Waals surface area (Å²) in [5, 5.41) is 11.1. The number of benzene rings is 2. The maximum absolute atomic E-state index is 13.4. The second-order valence-corrected chi connectivity index (χ2v) is 5.34. The van der Waals surface area contributed by atoms with Crippen LogP contribution in [0.15, 0.2) is 42.5 Å². The summed E-state index contributed by atoms with van der Waals surface area (Å²) in [6.07, 6.45) is 0. The van der Waals surface area contributed by atoms with Crippen molar-refractivity contribution in [1.29, 1.82) is 0 Å². The average Bonchev–Trinajstić information content (AvgIpc) is 2.55. The molecule has 0 unspecified atom stereocenters. The molecule has 2 aromatic carbocycles. The highest BCUT2D eigenvalue weighted by Crippen LogP contribution is 2.30. The highest BCUT2D eigenvalue weighted by Gasteiger charge is 2.24. The molecule has 0 atom stereocenters. The molecule has 1 aliphatic rings. The first-order valence-corrected chi connectivity index (χ1v) is 7.24. The Kier molecular flexibility index (Phi) is 4.10. The smallest absolute Gasteiger partial charge is 0.292 e. The van der Waals surface area contributed by atoms with Crippen molar-refractivity contribution in [3.8, 4) is 0 Å². The van der Waals surface area contributed by atoms with Crippen LogP contribution in [-0.2, 0) is 0 Å². The number of nitro benzene ring substituents is 1. The van der Waals surface area contributed by atoms with Gasteiger partial charge in [0.05, 0.1) is 4.92 Å². The number of nitro groups is 1. The van der Waals surface area contributed by atoms with Crippen molar-refractivity contribution < 1.29 is 13.7 Å². The molecule has 2 aromatic rings. The van der Waals surface area contributed by atoms with Gasteiger partial charge in [-0.2, -0.15) is 0 Å². The van der Waals surface area contributed by atoms with Gasteiger partial charge in [-0.1, -0.05) is 0 Å². The van der Waals surface area contributed by atoms with E-state index in [1.165, 1.54) is 24.3 Å². The molecular weight excluding hydrogens is 304 g/mol. The summed E-state index contributed by atoms with van der Waals surface area (Å²) >= 11 is 0. The van der Waals surface area contributed by atoms with Crippen molar-refractivity contribution in [3.63, 3.8) is 0 Å². The third-order valence-corrected chi connectivity index (χ3v) is 3.95. The normalized spacial score (nSPS) is 14.9. The first-order valence-electron chi connectivity index (χ1n) is 7.24. The molecule has 0 aliphatic carbocycles. The van der Waals surface area contributed by atoms with Crippen LogP contribution in [0.4, 0.5) is 25.8 Å². The van der Waals surface area contributed by atoms with Gasteiger partial charge in [0.1, 0.15) is 17.3 Å². The van der Waals surface area contributed by atoms with Gasteiger partial charge in [0.15, 0.2) is 0 Å². The van der Waals surface area contributed by atoms with Crippen molar-refractivity contribution in [3.05, 3.63) is 64.2 Å². The zero-order valence-electron chi connectivity index (χ0n) is 12.3. The van der Waals surface area contributed by atoms with Crippen LogP contribution in [0.5, 0.6) is 0 Å². The summed E-state index contributed by atoms with van der Waals surface area (Å²) in [4.78, 5) is 14.5. The third-order valence-electron chi connectivity index (χ3n) is 3.95. The van der Waals surface area contributed by atoms with E-state index in [1.807, 2.05) is 0 Å². The number of hydrogen-bond donors (Lipinski definition) is 0. The number of hydrogen-bond acceptors (Lipinski definition) is 4. The first kappa shape index (κ1) is 15.2. The fourth-order valence-corrected chi connectivity index (χ4v) is 2.76. The van der Waals surface area contributed by atoms with Crippen molar-refractivity contribution >= 4 is 17.1 Å². The summed E-state index contributed by atoms with van der Waals surface area (Å²) in [7, 11) is 0. The molecular formula is C16H15F2N3O2. The predicted molar refractivity (Wildman–Crippen MR) is 83.9 cm³/mol. The molecule has 3 rings (SSSR count). The van der Waals surface area contributed by atoms with Gasteiger partial charge in [-0.3, -0.25) is 10.1 Å². The van der Waals surface area contributed by atoms with Gasteiger partial charge in [0.2, 0.25) is 0 Å². The summed E-state index contributed by atoms with van der Waals surface area (Å²) in [5.41, 5.74) is 1.11. The van der Waals surface area contributed by atoms with Crippen LogP contribution >= 0.6 is 0 Å². The number of halogens is 2. The first-order chi connectivity index (χ1) is 11.0. The van der Waals surface area contributed by atoms with Crippen LogP contribution in [0.25, 0.3) is 0 Å². The minimum atomic E-state index is -0.499. The summed E-state index contributed by atoms with van der Waals surface area (Å²) < 4.78 is 26.4. The Bertz CT molecular complexity index is 714. The lowest BCUT2D eigenvalue weighted by Gasteiger charge is -2.37. The summed E-state index contributed by atoms with van der Waals surface area (Å²) in [6.45, 7) is 2.31. The summed E-state index contributed by atoms with van der Waals surface area (Å²) in [5.74, 6) is -0.783. The molecule has 1 heterocycles. The van der Waals surface area contributed by atoms with Crippen LogP contribution in [0.3, 0.4) is 0 Å². The zero-order chi connectivity index (χ0) is 16.4. The third kappa shape index (κ3) is 3.23. The predicted octanol–water partition coefficient (Wildman–Crippen LogP) is 3.20. The molecule has 1 aliphatic heterocycles. The fraction of sp³-hybridized carbons (Fsp3) is 0.250. The molecule has 0 aromatic heterocycles. The molecule has 23 heavy (non-hydrogen) atoms. The van der Waals surface area contributed by atoms with Gasteiger partial charge >= 0.3 is 0 Å². The van der Waals surface area contributed by atoms with E-state index >= 15 is 0 Å². The number of nitrogens with zero attached hydrogens (tertiary/aromatic N) is 3.